The van der Waals surface area contributed by atoms with E-state index in [2.05, 4.69) is 108 Å². The van der Waals surface area contributed by atoms with E-state index in [-0.39, 0.29) is 0 Å². The average molecular weight is 526 g/mol. The number of hydrogen-bond acceptors (Lipinski definition) is 2. The Morgan fingerprint density at radius 1 is 0.833 bits per heavy atom. The predicted octanol–water partition coefficient (Wildman–Crippen LogP) is -2.93. The summed E-state index contributed by atoms with van der Waals surface area (Å²) in [6, 6.07) is 0. The molecule has 1 aliphatic heterocycles. The fraction of sp³-hybridized carbons (Fsp3) is 0.467. The van der Waals surface area contributed by atoms with E-state index in [1.54, 1.807) is 0 Å². The van der Waals surface area contributed by atoms with Gasteiger partial charge in [-0.25, -0.2) is 0 Å². The van der Waals surface area contributed by atoms with Gasteiger partial charge in [0.15, 0.2) is 0 Å². The van der Waals surface area contributed by atoms with Crippen molar-refractivity contribution in [3.8, 4) is 0 Å². The Labute approximate surface area is 158 Å². The molecule has 130 valence electrons. The van der Waals surface area contributed by atoms with Crippen LogP contribution in [0.25, 0.3) is 0 Å². The van der Waals surface area contributed by atoms with Crippen LogP contribution in [0.15, 0.2) is 37.2 Å². The van der Waals surface area contributed by atoms with E-state index in [9.17, 15) is 0 Å². The second-order valence-corrected chi connectivity index (χ2v) is 27.2. The van der Waals surface area contributed by atoms with Crippen LogP contribution in [0.1, 0.15) is 0 Å². The first-order chi connectivity index (χ1) is 11.4. The molecule has 3 heterocycles. The molecule has 0 fully saturated rings. The van der Waals surface area contributed by atoms with Gasteiger partial charge in [-0.1, -0.05) is 0 Å². The van der Waals surface area contributed by atoms with Gasteiger partial charge >= 0.3 is 159 Å². The Morgan fingerprint density at radius 3 is 1.58 bits per heavy atom. The number of aryl methyl sites for hydroxylation is 4. The van der Waals surface area contributed by atoms with Crippen LogP contribution in [0.5, 0.6) is 0 Å². The van der Waals surface area contributed by atoms with Gasteiger partial charge in [-0.15, -0.1) is 0 Å². The summed E-state index contributed by atoms with van der Waals surface area (Å²) in [5.41, 5.74) is 0. The number of imidazole rings is 2. The Balaban J connectivity index is 1.92. The van der Waals surface area contributed by atoms with Crippen LogP contribution in [-0.4, -0.2) is 74.6 Å². The fourth-order valence-corrected chi connectivity index (χ4v) is 31.9. The molecule has 0 aliphatic carbocycles. The van der Waals surface area contributed by atoms with E-state index in [0.29, 0.717) is 31.3 Å². The van der Waals surface area contributed by atoms with Crippen molar-refractivity contribution in [1.29, 1.82) is 0 Å². The molecule has 9 heteroatoms. The van der Waals surface area contributed by atoms with Gasteiger partial charge in [-0.05, 0) is 0 Å². The van der Waals surface area contributed by atoms with Crippen molar-refractivity contribution in [2.75, 3.05) is 14.1 Å². The van der Waals surface area contributed by atoms with Crippen LogP contribution in [-0.2, 0) is 28.2 Å². The summed E-state index contributed by atoms with van der Waals surface area (Å²) in [7, 11) is 12.3. The van der Waals surface area contributed by atoms with Gasteiger partial charge < -0.3 is 0 Å². The predicted molar refractivity (Wildman–Crippen MR) is 98.2 cm³/mol. The van der Waals surface area contributed by atoms with Crippen LogP contribution in [0.2, 0.25) is 0 Å². The summed E-state index contributed by atoms with van der Waals surface area (Å²) in [5, 5.41) is 0.551. The van der Waals surface area contributed by atoms with Gasteiger partial charge in [0.25, 0.3) is 0 Å². The molecule has 0 N–H and O–H groups in total. The average Bonchev–Trinajstić information content (AvgIpc) is 3.14. The summed E-state index contributed by atoms with van der Waals surface area (Å²) >= 11 is 1.01. The molecular weight excluding hydrogens is 501 g/mol. The van der Waals surface area contributed by atoms with Crippen LogP contribution < -0.4 is 18.6 Å². The van der Waals surface area contributed by atoms with Gasteiger partial charge in [0, 0.05) is 0 Å². The first-order valence-electron chi connectivity index (χ1n) is 7.62. The zero-order valence-electron chi connectivity index (χ0n) is 14.9. The molecular formula is C15H25N6Se3+3. The molecule has 2 aromatic heterocycles. The molecule has 6 nitrogen and oxygen atoms in total. The van der Waals surface area contributed by atoms with Crippen molar-refractivity contribution in [2.24, 2.45) is 28.2 Å². The molecule has 0 saturated heterocycles. The third kappa shape index (κ3) is 3.48. The van der Waals surface area contributed by atoms with Gasteiger partial charge in [-0.3, -0.25) is 0 Å². The van der Waals surface area contributed by atoms with Gasteiger partial charge in [0.1, 0.15) is 0 Å². The molecule has 24 heavy (non-hydrogen) atoms. The number of hydrogen-bond donors (Lipinski definition) is 0. The van der Waals surface area contributed by atoms with Crippen molar-refractivity contribution in [3.63, 3.8) is 0 Å². The molecule has 0 atom stereocenters. The van der Waals surface area contributed by atoms with Crippen LogP contribution in [0, 0.1) is 0 Å². The quantitative estimate of drug-likeness (QED) is 0.308. The Bertz CT molecular complexity index is 653. The van der Waals surface area contributed by atoms with Crippen LogP contribution in [0.4, 0.5) is 0 Å². The summed E-state index contributed by atoms with van der Waals surface area (Å²) in [4.78, 5) is 4.83. The van der Waals surface area contributed by atoms with E-state index < -0.39 is 10.3 Å². The zero-order valence-corrected chi connectivity index (χ0v) is 20.1. The second kappa shape index (κ2) is 7.28. The molecule has 0 radical (unpaired) electrons. The third-order valence-electron chi connectivity index (χ3n) is 3.95. The maximum absolute atomic E-state index is 2.42. The standard InChI is InChI=1S/C15H25N6Se3/c1-16-7-8-17(2)13(16)22-24(15-20(5)11-12-21(15)6)23-14-18(3)9-10-19(14)4/h7-12,15H,1-6H3/q+3. The summed E-state index contributed by atoms with van der Waals surface area (Å²) in [6.07, 6.45) is 13.2. The number of rotatable bonds is 5. The molecule has 0 saturated carbocycles. The molecule has 0 aromatic carbocycles. The number of nitrogens with zero attached hydrogens (tertiary/aromatic N) is 6. The Kier molecular flexibility index (Phi) is 5.50. The summed E-state index contributed by atoms with van der Waals surface area (Å²) in [5.74, 6) is 0. The normalized spacial score (nSPS) is 15.3. The van der Waals surface area contributed by atoms with E-state index >= 15 is 0 Å². The minimum absolute atomic E-state index is 0.503. The van der Waals surface area contributed by atoms with E-state index in [1.165, 1.54) is 9.45 Å². The second-order valence-electron chi connectivity index (χ2n) is 5.99. The third-order valence-corrected chi connectivity index (χ3v) is 28.1. The zero-order chi connectivity index (χ0) is 17.4. The van der Waals surface area contributed by atoms with Crippen molar-refractivity contribution in [3.05, 3.63) is 37.2 Å². The molecule has 1 aliphatic rings. The molecule has 2 aromatic rings. The first-order valence-corrected chi connectivity index (χ1v) is 19.0. The van der Waals surface area contributed by atoms with Gasteiger partial charge in [0.05, 0.1) is 0 Å². The topological polar surface area (TPSA) is 24.1 Å². The van der Waals surface area contributed by atoms with E-state index in [4.69, 9.17) is 0 Å². The van der Waals surface area contributed by atoms with Crippen molar-refractivity contribution >= 4 is 46.0 Å². The Morgan fingerprint density at radius 2 is 1.25 bits per heavy atom. The summed E-state index contributed by atoms with van der Waals surface area (Å²) < 4.78 is 12.2. The van der Waals surface area contributed by atoms with E-state index in [0.717, 1.165) is 0 Å². The van der Waals surface area contributed by atoms with Crippen molar-refractivity contribution < 1.29 is 9.13 Å². The summed E-state index contributed by atoms with van der Waals surface area (Å²) in [6.45, 7) is 0. The monoisotopic (exact) mass is 529 g/mol. The van der Waals surface area contributed by atoms with E-state index in [1.807, 2.05) is 0 Å². The molecule has 0 amide bonds. The van der Waals surface area contributed by atoms with Crippen LogP contribution >= 0.6 is 0 Å². The van der Waals surface area contributed by atoms with Crippen LogP contribution in [0.3, 0.4) is 0 Å². The SMILES string of the molecule is CN1C=CN(C)C1[Se+]([Se]c1n(C)cc[n+]1C)[Se]c1n(C)cc[n+]1C. The van der Waals surface area contributed by atoms with Gasteiger partial charge in [-0.2, -0.15) is 0 Å². The molecule has 0 bridgehead atoms. The molecule has 0 unspecified atom stereocenters. The fourth-order valence-electron chi connectivity index (χ4n) is 2.55. The van der Waals surface area contributed by atoms with Crippen molar-refractivity contribution in [1.82, 2.24) is 18.9 Å². The Hall–Kier alpha value is -0.682. The van der Waals surface area contributed by atoms with Crippen molar-refractivity contribution in [2.45, 2.75) is 5.06 Å². The minimum atomic E-state index is -0.901. The first kappa shape index (κ1) is 18.1. The maximum atomic E-state index is 2.42. The van der Waals surface area contributed by atoms with Gasteiger partial charge in [0.2, 0.25) is 0 Å². The molecule has 0 spiro atoms. The number of aromatic nitrogens is 4. The molecule has 3 rings (SSSR count).